The van der Waals surface area contributed by atoms with Crippen molar-refractivity contribution in [1.29, 1.82) is 0 Å². The molecule has 2 amide bonds. The van der Waals surface area contributed by atoms with Gasteiger partial charge in [0.05, 0.1) is 6.54 Å². The third-order valence-electron chi connectivity index (χ3n) is 4.03. The summed E-state index contributed by atoms with van der Waals surface area (Å²) in [5.74, 6) is -1.27. The Bertz CT molecular complexity index is 796. The van der Waals surface area contributed by atoms with Crippen molar-refractivity contribution in [2.24, 2.45) is 0 Å². The average Bonchev–Trinajstić information content (AvgIpc) is 2.98. The number of carbonyl (C=O) groups excluding carboxylic acids is 2. The normalized spacial score (nSPS) is 15.1. The Balaban J connectivity index is 1.50. The first-order valence-electron chi connectivity index (χ1n) is 8.11. The monoisotopic (exact) mass is 364 g/mol. The second kappa shape index (κ2) is 7.61. The molecule has 2 aromatic rings. The van der Waals surface area contributed by atoms with Crippen LogP contribution in [-0.4, -0.2) is 59.5 Å². The number of carbonyl (C=O) groups is 2. The average molecular weight is 364 g/mol. The van der Waals surface area contributed by atoms with E-state index in [2.05, 4.69) is 10.5 Å². The molecule has 0 unspecified atom stereocenters. The molecule has 0 atom stereocenters. The van der Waals surface area contributed by atoms with Crippen molar-refractivity contribution in [1.82, 2.24) is 15.0 Å². The zero-order valence-electron chi connectivity index (χ0n) is 14.2. The molecular formula is C17H18F2N4O3. The summed E-state index contributed by atoms with van der Waals surface area (Å²) in [5, 5.41) is 6.33. The first-order chi connectivity index (χ1) is 12.4. The fraction of sp³-hybridized carbons (Fsp3) is 0.353. The van der Waals surface area contributed by atoms with Crippen molar-refractivity contribution < 1.29 is 22.9 Å². The highest BCUT2D eigenvalue weighted by Crippen LogP contribution is 2.13. The van der Waals surface area contributed by atoms with Gasteiger partial charge < -0.3 is 14.7 Å². The van der Waals surface area contributed by atoms with Crippen LogP contribution in [0.5, 0.6) is 0 Å². The van der Waals surface area contributed by atoms with E-state index in [0.717, 1.165) is 18.2 Å². The molecule has 1 aromatic heterocycles. The number of aromatic nitrogens is 1. The summed E-state index contributed by atoms with van der Waals surface area (Å²) >= 11 is 0. The molecule has 1 fully saturated rings. The summed E-state index contributed by atoms with van der Waals surface area (Å²) in [7, 11) is 0. The first kappa shape index (κ1) is 18.0. The van der Waals surface area contributed by atoms with E-state index in [0.29, 0.717) is 37.8 Å². The number of hydrogen-bond donors (Lipinski definition) is 1. The number of aryl methyl sites for hydroxylation is 1. The van der Waals surface area contributed by atoms with E-state index in [4.69, 9.17) is 4.52 Å². The second-order valence-corrected chi connectivity index (χ2v) is 6.10. The fourth-order valence-electron chi connectivity index (χ4n) is 2.78. The second-order valence-electron chi connectivity index (χ2n) is 6.10. The lowest BCUT2D eigenvalue weighted by Crippen LogP contribution is -2.50. The summed E-state index contributed by atoms with van der Waals surface area (Å²) in [6, 6.07) is 4.38. The van der Waals surface area contributed by atoms with E-state index in [1.807, 2.05) is 4.90 Å². The van der Waals surface area contributed by atoms with Gasteiger partial charge in [0.2, 0.25) is 5.91 Å². The Kier molecular flexibility index (Phi) is 5.27. The number of amides is 2. The fourth-order valence-corrected chi connectivity index (χ4v) is 2.78. The van der Waals surface area contributed by atoms with Crippen molar-refractivity contribution in [3.63, 3.8) is 0 Å². The molecule has 138 valence electrons. The lowest BCUT2D eigenvalue weighted by atomic mass is 10.1. The van der Waals surface area contributed by atoms with Crippen LogP contribution in [0.1, 0.15) is 16.1 Å². The van der Waals surface area contributed by atoms with Gasteiger partial charge in [-0.15, -0.1) is 0 Å². The van der Waals surface area contributed by atoms with Crippen LogP contribution >= 0.6 is 0 Å². The van der Waals surface area contributed by atoms with Gasteiger partial charge in [0, 0.05) is 43.9 Å². The molecule has 2 heterocycles. The van der Waals surface area contributed by atoms with Gasteiger partial charge in [-0.2, -0.15) is 0 Å². The summed E-state index contributed by atoms with van der Waals surface area (Å²) in [6.07, 6.45) is 0. The Labute approximate surface area is 148 Å². The zero-order chi connectivity index (χ0) is 18.7. The highest BCUT2D eigenvalue weighted by Gasteiger charge is 2.24. The molecule has 1 N–H and O–H groups in total. The SMILES string of the molecule is Cc1cc(NC(=O)CN2CCN(C(=O)c3cc(F)cc(F)c3)CC2)no1. The smallest absolute Gasteiger partial charge is 0.254 e. The number of rotatable bonds is 4. The van der Waals surface area contributed by atoms with Crippen LogP contribution in [0.2, 0.25) is 0 Å². The number of halogens is 2. The maximum atomic E-state index is 13.3. The van der Waals surface area contributed by atoms with Gasteiger partial charge in [0.1, 0.15) is 17.4 Å². The van der Waals surface area contributed by atoms with Gasteiger partial charge in [-0.3, -0.25) is 14.5 Å². The molecule has 1 aromatic carbocycles. The summed E-state index contributed by atoms with van der Waals surface area (Å²) in [5.41, 5.74) is -0.0184. The molecular weight excluding hydrogens is 346 g/mol. The predicted molar refractivity (Wildman–Crippen MR) is 88.6 cm³/mol. The minimum atomic E-state index is -0.785. The lowest BCUT2D eigenvalue weighted by Gasteiger charge is -2.34. The molecule has 1 saturated heterocycles. The molecule has 3 rings (SSSR count). The van der Waals surface area contributed by atoms with Gasteiger partial charge in [-0.1, -0.05) is 5.16 Å². The molecule has 26 heavy (non-hydrogen) atoms. The quantitative estimate of drug-likeness (QED) is 0.893. The number of anilines is 1. The number of benzene rings is 1. The van der Waals surface area contributed by atoms with Crippen molar-refractivity contribution in [2.45, 2.75) is 6.92 Å². The van der Waals surface area contributed by atoms with E-state index in [9.17, 15) is 18.4 Å². The highest BCUT2D eigenvalue weighted by atomic mass is 19.1. The van der Waals surface area contributed by atoms with E-state index >= 15 is 0 Å². The third-order valence-corrected chi connectivity index (χ3v) is 4.03. The van der Waals surface area contributed by atoms with Crippen molar-refractivity contribution in [3.05, 3.63) is 47.2 Å². The standard InChI is InChI=1S/C17H18F2N4O3/c1-11-6-15(21-26-11)20-16(24)10-22-2-4-23(5-3-22)17(25)12-7-13(18)9-14(19)8-12/h6-9H,2-5,10H2,1H3,(H,20,21,24). The molecule has 1 aliphatic rings. The van der Waals surface area contributed by atoms with Crippen LogP contribution < -0.4 is 5.32 Å². The Morgan fingerprint density at radius 2 is 1.77 bits per heavy atom. The number of nitrogens with zero attached hydrogens (tertiary/aromatic N) is 3. The van der Waals surface area contributed by atoms with Gasteiger partial charge in [0.15, 0.2) is 5.82 Å². The molecule has 0 spiro atoms. The van der Waals surface area contributed by atoms with Crippen LogP contribution in [0.3, 0.4) is 0 Å². The van der Waals surface area contributed by atoms with Crippen LogP contribution in [0, 0.1) is 18.6 Å². The summed E-state index contributed by atoms with van der Waals surface area (Å²) in [4.78, 5) is 27.8. The van der Waals surface area contributed by atoms with Crippen LogP contribution in [0.4, 0.5) is 14.6 Å². The molecule has 0 saturated carbocycles. The third kappa shape index (κ3) is 4.42. The highest BCUT2D eigenvalue weighted by molar-refractivity contribution is 5.94. The topological polar surface area (TPSA) is 78.7 Å². The molecule has 0 aliphatic carbocycles. The van der Waals surface area contributed by atoms with Crippen molar-refractivity contribution in [3.8, 4) is 0 Å². The molecule has 7 nitrogen and oxygen atoms in total. The van der Waals surface area contributed by atoms with Crippen molar-refractivity contribution in [2.75, 3.05) is 38.0 Å². The molecule has 0 radical (unpaired) electrons. The predicted octanol–water partition coefficient (Wildman–Crippen LogP) is 1.66. The minimum absolute atomic E-state index is 0.0184. The first-order valence-corrected chi connectivity index (χ1v) is 8.11. The Morgan fingerprint density at radius 1 is 1.12 bits per heavy atom. The van der Waals surface area contributed by atoms with Gasteiger partial charge >= 0.3 is 0 Å². The number of hydrogen-bond acceptors (Lipinski definition) is 5. The van der Waals surface area contributed by atoms with Crippen LogP contribution in [-0.2, 0) is 4.79 Å². The van der Waals surface area contributed by atoms with E-state index < -0.39 is 17.5 Å². The maximum Gasteiger partial charge on any atom is 0.254 e. The van der Waals surface area contributed by atoms with E-state index in [1.165, 1.54) is 4.90 Å². The summed E-state index contributed by atoms with van der Waals surface area (Å²) in [6.45, 7) is 3.58. The lowest BCUT2D eigenvalue weighted by molar-refractivity contribution is -0.117. The van der Waals surface area contributed by atoms with Crippen molar-refractivity contribution >= 4 is 17.6 Å². The zero-order valence-corrected chi connectivity index (χ0v) is 14.2. The molecule has 9 heteroatoms. The maximum absolute atomic E-state index is 13.3. The van der Waals surface area contributed by atoms with Gasteiger partial charge in [-0.05, 0) is 19.1 Å². The van der Waals surface area contributed by atoms with Gasteiger partial charge in [0.25, 0.3) is 5.91 Å². The van der Waals surface area contributed by atoms with E-state index in [-0.39, 0.29) is 18.0 Å². The van der Waals surface area contributed by atoms with Gasteiger partial charge in [-0.25, -0.2) is 8.78 Å². The van der Waals surface area contributed by atoms with E-state index in [1.54, 1.807) is 13.0 Å². The molecule has 1 aliphatic heterocycles. The Morgan fingerprint density at radius 3 is 2.35 bits per heavy atom. The molecule has 0 bridgehead atoms. The largest absolute Gasteiger partial charge is 0.360 e. The van der Waals surface area contributed by atoms with Crippen LogP contribution in [0.15, 0.2) is 28.8 Å². The van der Waals surface area contributed by atoms with Crippen LogP contribution in [0.25, 0.3) is 0 Å². The summed E-state index contributed by atoms with van der Waals surface area (Å²) < 4.78 is 31.4. The number of piperazine rings is 1. The number of nitrogens with one attached hydrogen (secondary N) is 1. The minimum Gasteiger partial charge on any atom is -0.360 e. The Hall–Kier alpha value is -2.81.